The van der Waals surface area contributed by atoms with Crippen molar-refractivity contribution in [3.63, 3.8) is 0 Å². The zero-order chi connectivity index (χ0) is 16.9. The molecular weight excluding hydrogens is 333 g/mol. The van der Waals surface area contributed by atoms with Crippen LogP contribution in [-0.2, 0) is 20.7 Å². The number of carbonyl (C=O) groups excluding carboxylic acids is 1. The molecule has 0 aliphatic carbocycles. The van der Waals surface area contributed by atoms with Gasteiger partial charge in [0.2, 0.25) is 5.67 Å². The van der Waals surface area contributed by atoms with Gasteiger partial charge in [-0.1, -0.05) is 30.3 Å². The van der Waals surface area contributed by atoms with E-state index in [0.717, 1.165) is 5.56 Å². The number of rotatable bonds is 5. The Balaban J connectivity index is 1.41. The molecule has 3 saturated heterocycles. The third kappa shape index (κ3) is 2.72. The van der Waals surface area contributed by atoms with Crippen molar-refractivity contribution in [2.45, 2.75) is 55.3 Å². The molecule has 4 rings (SSSR count). The number of alkyl halides is 2. The van der Waals surface area contributed by atoms with Crippen molar-refractivity contribution in [1.29, 1.82) is 0 Å². The number of hydrogen-bond donors (Lipinski definition) is 0. The fraction of sp³-hybridized carbons (Fsp3) is 0.611. The van der Waals surface area contributed by atoms with Gasteiger partial charge in [0.1, 0.15) is 18.3 Å². The molecule has 0 spiro atoms. The number of morpholine rings is 1. The third-order valence-corrected chi connectivity index (χ3v) is 5.98. The summed E-state index contributed by atoms with van der Waals surface area (Å²) in [6.07, 6.45) is 1.60. The van der Waals surface area contributed by atoms with E-state index >= 15 is 4.39 Å². The van der Waals surface area contributed by atoms with Gasteiger partial charge in [-0.3, -0.25) is 4.90 Å². The fourth-order valence-electron chi connectivity index (χ4n) is 4.15. The van der Waals surface area contributed by atoms with Gasteiger partial charge in [-0.05, 0) is 12.6 Å². The largest absolute Gasteiger partial charge is 0.460 e. The number of ether oxygens (including phenoxy) is 2. The molecule has 6 heteroatoms. The molecular formula is C18H21ClFNO3. The van der Waals surface area contributed by atoms with E-state index < -0.39 is 17.5 Å². The molecule has 24 heavy (non-hydrogen) atoms. The van der Waals surface area contributed by atoms with E-state index in [2.05, 4.69) is 11.9 Å². The molecule has 3 aliphatic rings. The van der Waals surface area contributed by atoms with Crippen LogP contribution in [0.25, 0.3) is 0 Å². The smallest absolute Gasteiger partial charge is 0.345 e. The number of nitrogens with zero attached hydrogens (tertiary/aromatic N) is 1. The molecule has 6 atom stereocenters. The lowest BCUT2D eigenvalue weighted by molar-refractivity contribution is -0.166. The van der Waals surface area contributed by atoms with Gasteiger partial charge < -0.3 is 9.47 Å². The molecule has 0 aromatic heterocycles. The number of fused-ring (bicyclic) bond motifs is 5. The minimum atomic E-state index is -2.19. The van der Waals surface area contributed by atoms with E-state index in [9.17, 15) is 4.79 Å². The number of hydrogen-bond acceptors (Lipinski definition) is 4. The highest BCUT2D eigenvalue weighted by Crippen LogP contribution is 2.48. The minimum absolute atomic E-state index is 0.0655. The Bertz CT molecular complexity index is 612. The Morgan fingerprint density at radius 1 is 1.33 bits per heavy atom. The average Bonchev–Trinajstić information content (AvgIpc) is 3.33. The van der Waals surface area contributed by atoms with Crippen LogP contribution in [0.5, 0.6) is 0 Å². The Morgan fingerprint density at radius 3 is 2.54 bits per heavy atom. The standard InChI is InChI=1S/C18H21ClFNO3/c1-21-13-7-12(8-14(21)16-15(13)24-16)23-17(22)18(20,10-19)9-11-5-3-2-4-6-11/h2-6,12-16H,7-10H2,1H3/t12?,13-,14+,15-,16+,18?. The Labute approximate surface area is 145 Å². The third-order valence-electron chi connectivity index (χ3n) is 5.55. The maximum Gasteiger partial charge on any atom is 0.345 e. The molecule has 4 nitrogen and oxygen atoms in total. The van der Waals surface area contributed by atoms with Crippen molar-refractivity contribution in [3.8, 4) is 0 Å². The predicted octanol–water partition coefficient (Wildman–Crippen LogP) is 2.33. The molecule has 0 N–H and O–H groups in total. The first-order valence-electron chi connectivity index (χ1n) is 8.39. The molecule has 0 saturated carbocycles. The van der Waals surface area contributed by atoms with Crippen molar-refractivity contribution in [2.24, 2.45) is 0 Å². The Hall–Kier alpha value is -1.17. The normalized spacial score (nSPS) is 36.7. The molecule has 130 valence electrons. The van der Waals surface area contributed by atoms with Crippen LogP contribution in [0.4, 0.5) is 4.39 Å². The molecule has 1 aromatic rings. The maximum absolute atomic E-state index is 15.1. The highest BCUT2D eigenvalue weighted by atomic mass is 35.5. The zero-order valence-corrected chi connectivity index (χ0v) is 14.3. The highest BCUT2D eigenvalue weighted by Gasteiger charge is 2.63. The van der Waals surface area contributed by atoms with Crippen molar-refractivity contribution in [3.05, 3.63) is 35.9 Å². The van der Waals surface area contributed by atoms with Gasteiger partial charge in [-0.2, -0.15) is 0 Å². The second-order valence-electron chi connectivity index (χ2n) is 7.13. The van der Waals surface area contributed by atoms with Crippen molar-refractivity contribution < 1.29 is 18.7 Å². The van der Waals surface area contributed by atoms with Gasteiger partial charge in [0.15, 0.2) is 0 Å². The SMILES string of the molecule is CN1[C@@H]2CC(OC(=O)C(F)(CCl)Cc3ccccc3)C[C@H]1[C@@H]1O[C@@H]12. The van der Waals surface area contributed by atoms with Gasteiger partial charge in [0.25, 0.3) is 0 Å². The topological polar surface area (TPSA) is 42.1 Å². The quantitative estimate of drug-likeness (QED) is 0.463. The van der Waals surface area contributed by atoms with Crippen LogP contribution in [0.15, 0.2) is 30.3 Å². The summed E-state index contributed by atoms with van der Waals surface area (Å²) >= 11 is 5.79. The molecule has 3 heterocycles. The van der Waals surface area contributed by atoms with E-state index in [1.807, 2.05) is 18.2 Å². The van der Waals surface area contributed by atoms with Gasteiger partial charge in [-0.15, -0.1) is 11.6 Å². The summed E-state index contributed by atoms with van der Waals surface area (Å²) in [6.45, 7) is 0. The van der Waals surface area contributed by atoms with Crippen LogP contribution < -0.4 is 0 Å². The lowest BCUT2D eigenvalue weighted by atomic mass is 9.96. The number of carbonyl (C=O) groups is 1. The van der Waals surface area contributed by atoms with Crippen molar-refractivity contribution in [1.82, 2.24) is 4.90 Å². The monoisotopic (exact) mass is 353 g/mol. The van der Waals surface area contributed by atoms with Crippen LogP contribution in [0.1, 0.15) is 18.4 Å². The number of benzene rings is 1. The first-order valence-corrected chi connectivity index (χ1v) is 8.92. The van der Waals surface area contributed by atoms with Crippen molar-refractivity contribution in [2.75, 3.05) is 12.9 Å². The first-order chi connectivity index (χ1) is 11.5. The van der Waals surface area contributed by atoms with Gasteiger partial charge in [0, 0.05) is 31.3 Å². The number of esters is 1. The van der Waals surface area contributed by atoms with Crippen molar-refractivity contribution >= 4 is 17.6 Å². The summed E-state index contributed by atoms with van der Waals surface area (Å²) in [4.78, 5) is 14.8. The predicted molar refractivity (Wildman–Crippen MR) is 87.8 cm³/mol. The zero-order valence-electron chi connectivity index (χ0n) is 13.5. The first kappa shape index (κ1) is 16.3. The van der Waals surface area contributed by atoms with Crippen LogP contribution in [0.3, 0.4) is 0 Å². The van der Waals surface area contributed by atoms with E-state index in [1.165, 1.54) is 0 Å². The fourth-order valence-corrected chi connectivity index (χ4v) is 4.35. The average molecular weight is 354 g/mol. The van der Waals surface area contributed by atoms with E-state index in [0.29, 0.717) is 12.8 Å². The van der Waals surface area contributed by atoms with Crippen LogP contribution in [0, 0.1) is 0 Å². The van der Waals surface area contributed by atoms with E-state index in [-0.39, 0.29) is 36.8 Å². The van der Waals surface area contributed by atoms with Crippen LogP contribution in [-0.4, -0.2) is 59.9 Å². The summed E-state index contributed by atoms with van der Waals surface area (Å²) < 4.78 is 26.3. The summed E-state index contributed by atoms with van der Waals surface area (Å²) in [5.41, 5.74) is -1.46. The second-order valence-corrected chi connectivity index (χ2v) is 7.39. The van der Waals surface area contributed by atoms with Gasteiger partial charge in [0.05, 0.1) is 5.88 Å². The highest BCUT2D eigenvalue weighted by molar-refractivity contribution is 6.20. The van der Waals surface area contributed by atoms with E-state index in [1.54, 1.807) is 12.1 Å². The number of halogens is 2. The molecule has 2 unspecified atom stereocenters. The minimum Gasteiger partial charge on any atom is -0.460 e. The number of piperidine rings is 1. The number of likely N-dealkylation sites (N-methyl/N-ethyl adjacent to an activating group) is 1. The van der Waals surface area contributed by atoms with E-state index in [4.69, 9.17) is 21.1 Å². The number of epoxide rings is 1. The van der Waals surface area contributed by atoms with Gasteiger partial charge >= 0.3 is 5.97 Å². The van der Waals surface area contributed by atoms with Gasteiger partial charge in [-0.25, -0.2) is 9.18 Å². The summed E-state index contributed by atoms with van der Waals surface area (Å²) in [7, 11) is 2.08. The second kappa shape index (κ2) is 5.97. The summed E-state index contributed by atoms with van der Waals surface area (Å²) in [5, 5.41) is 0. The molecule has 2 bridgehead atoms. The molecule has 0 radical (unpaired) electrons. The molecule has 1 aromatic carbocycles. The van der Waals surface area contributed by atoms with Crippen LogP contribution in [0.2, 0.25) is 0 Å². The Kier molecular flexibility index (Phi) is 4.06. The Morgan fingerprint density at radius 2 is 1.96 bits per heavy atom. The molecule has 3 fully saturated rings. The summed E-state index contributed by atoms with van der Waals surface area (Å²) in [6, 6.07) is 9.59. The lowest BCUT2D eigenvalue weighted by Crippen LogP contribution is -2.50. The molecule has 0 amide bonds. The summed E-state index contributed by atoms with van der Waals surface area (Å²) in [5.74, 6) is -1.25. The molecule has 3 aliphatic heterocycles. The lowest BCUT2D eigenvalue weighted by Gasteiger charge is -2.38. The van der Waals surface area contributed by atoms with Crippen LogP contribution >= 0.6 is 11.6 Å². The maximum atomic E-state index is 15.1.